The van der Waals surface area contributed by atoms with Crippen LogP contribution in [0.5, 0.6) is 0 Å². The van der Waals surface area contributed by atoms with Crippen molar-refractivity contribution in [3.8, 4) is 11.4 Å². The van der Waals surface area contributed by atoms with E-state index in [1.54, 1.807) is 6.20 Å². The first-order valence-electron chi connectivity index (χ1n) is 5.77. The second-order valence-electron chi connectivity index (χ2n) is 4.11. The molecule has 0 aliphatic heterocycles. The Hall–Kier alpha value is -1.62. The van der Waals surface area contributed by atoms with Gasteiger partial charge in [0.1, 0.15) is 6.33 Å². The SMILES string of the molecule is C=Nc1nc(-c2c(C)n(SI)c3ncncc23)ncc1F. The first-order chi connectivity index (χ1) is 10.2. The smallest absolute Gasteiger partial charge is 0.191 e. The topological polar surface area (TPSA) is 68.8 Å². The van der Waals surface area contributed by atoms with Gasteiger partial charge in [0.25, 0.3) is 0 Å². The van der Waals surface area contributed by atoms with Crippen LogP contribution in [0.2, 0.25) is 0 Å². The van der Waals surface area contributed by atoms with Crippen LogP contribution < -0.4 is 0 Å². The minimum atomic E-state index is -0.602. The summed E-state index contributed by atoms with van der Waals surface area (Å²) in [4.78, 5) is 20.1. The van der Waals surface area contributed by atoms with Crippen LogP contribution >= 0.6 is 30.3 Å². The van der Waals surface area contributed by atoms with Gasteiger partial charge < -0.3 is 0 Å². The molecule has 0 radical (unpaired) electrons. The normalized spacial score (nSPS) is 11.0. The number of aromatic nitrogens is 5. The van der Waals surface area contributed by atoms with Crippen LogP contribution in [0.1, 0.15) is 5.69 Å². The van der Waals surface area contributed by atoms with E-state index in [-0.39, 0.29) is 5.82 Å². The molecule has 0 aliphatic rings. The molecule has 0 N–H and O–H groups in total. The maximum Gasteiger partial charge on any atom is 0.191 e. The molecule has 0 saturated carbocycles. The Balaban J connectivity index is 2.35. The standard InChI is InChI=1S/C12H8FIN6S/c1-6-9(11-17-4-8(13)10(15-2)19-11)7-3-16-5-18-12(7)20(6)21-14/h3-5H,2H2,1H3. The first-order valence-corrected chi connectivity index (χ1v) is 9.08. The summed E-state index contributed by atoms with van der Waals surface area (Å²) in [6.07, 6.45) is 4.27. The summed E-state index contributed by atoms with van der Waals surface area (Å²) in [5.41, 5.74) is 2.43. The maximum atomic E-state index is 13.5. The number of aliphatic imine (C=N–C) groups is 1. The van der Waals surface area contributed by atoms with E-state index in [0.717, 1.165) is 28.5 Å². The first kappa shape index (κ1) is 14.3. The number of hydrogen-bond donors (Lipinski definition) is 0. The number of fused-ring (bicyclic) bond motifs is 1. The Kier molecular flexibility index (Phi) is 3.85. The molecule has 6 nitrogen and oxygen atoms in total. The van der Waals surface area contributed by atoms with E-state index in [1.807, 2.05) is 10.9 Å². The van der Waals surface area contributed by atoms with Gasteiger partial charge >= 0.3 is 0 Å². The minimum absolute atomic E-state index is 0.0701. The van der Waals surface area contributed by atoms with Crippen molar-refractivity contribution >= 4 is 53.9 Å². The highest BCUT2D eigenvalue weighted by Gasteiger charge is 2.20. The van der Waals surface area contributed by atoms with Gasteiger partial charge in [0.2, 0.25) is 0 Å². The highest BCUT2D eigenvalue weighted by atomic mass is 127. The number of rotatable bonds is 3. The van der Waals surface area contributed by atoms with Gasteiger partial charge in [-0.2, -0.15) is 0 Å². The van der Waals surface area contributed by atoms with E-state index in [2.05, 4.69) is 52.9 Å². The van der Waals surface area contributed by atoms with E-state index in [4.69, 9.17) is 0 Å². The predicted molar refractivity (Wildman–Crippen MR) is 89.5 cm³/mol. The molecule has 3 rings (SSSR count). The lowest BCUT2D eigenvalue weighted by molar-refractivity contribution is 0.617. The largest absolute Gasteiger partial charge is 0.262 e. The van der Waals surface area contributed by atoms with Crippen LogP contribution in [0.15, 0.2) is 23.7 Å². The molecule has 0 unspecified atom stereocenters. The third-order valence-electron chi connectivity index (χ3n) is 2.99. The van der Waals surface area contributed by atoms with E-state index >= 15 is 0 Å². The molecule has 0 saturated heterocycles. The Morgan fingerprint density at radius 1 is 1.38 bits per heavy atom. The molecule has 0 atom stereocenters. The highest BCUT2D eigenvalue weighted by molar-refractivity contribution is 14.2. The fourth-order valence-corrected chi connectivity index (χ4v) is 3.92. The molecule has 21 heavy (non-hydrogen) atoms. The molecule has 0 bridgehead atoms. The fourth-order valence-electron chi connectivity index (χ4n) is 2.07. The van der Waals surface area contributed by atoms with Crippen molar-refractivity contribution in [2.45, 2.75) is 6.92 Å². The van der Waals surface area contributed by atoms with E-state index < -0.39 is 5.82 Å². The Bertz CT molecular complexity index is 849. The quantitative estimate of drug-likeness (QED) is 0.485. The minimum Gasteiger partial charge on any atom is -0.262 e. The summed E-state index contributed by atoms with van der Waals surface area (Å²) in [7, 11) is 1.48. The summed E-state index contributed by atoms with van der Waals surface area (Å²) >= 11 is 2.17. The van der Waals surface area contributed by atoms with Gasteiger partial charge in [-0.1, -0.05) is 0 Å². The van der Waals surface area contributed by atoms with Crippen molar-refractivity contribution in [2.75, 3.05) is 0 Å². The van der Waals surface area contributed by atoms with Crippen LogP contribution in [0, 0.1) is 12.7 Å². The lowest BCUT2D eigenvalue weighted by Crippen LogP contribution is -1.93. The average molecular weight is 414 g/mol. The molecule has 9 heteroatoms. The van der Waals surface area contributed by atoms with Crippen molar-refractivity contribution < 1.29 is 4.39 Å². The zero-order chi connectivity index (χ0) is 15.0. The Morgan fingerprint density at radius 2 is 2.19 bits per heavy atom. The van der Waals surface area contributed by atoms with Gasteiger partial charge in [0.15, 0.2) is 23.1 Å². The van der Waals surface area contributed by atoms with Crippen LogP contribution in [0.4, 0.5) is 10.2 Å². The van der Waals surface area contributed by atoms with Crippen molar-refractivity contribution in [3.05, 3.63) is 30.2 Å². The summed E-state index contributed by atoms with van der Waals surface area (Å²) in [6, 6.07) is 0. The van der Waals surface area contributed by atoms with Crippen molar-refractivity contribution in [2.24, 2.45) is 4.99 Å². The van der Waals surface area contributed by atoms with Gasteiger partial charge in [-0.25, -0.2) is 29.3 Å². The van der Waals surface area contributed by atoms with Gasteiger partial charge in [-0.05, 0) is 13.6 Å². The Labute approximate surface area is 135 Å². The van der Waals surface area contributed by atoms with E-state index in [0.29, 0.717) is 5.82 Å². The molecule has 3 aromatic rings. The third-order valence-corrected chi connectivity index (χ3v) is 4.75. The van der Waals surface area contributed by atoms with Crippen LogP contribution in [0.25, 0.3) is 22.4 Å². The van der Waals surface area contributed by atoms with Crippen molar-refractivity contribution in [1.29, 1.82) is 0 Å². The summed E-state index contributed by atoms with van der Waals surface area (Å²) < 4.78 is 15.4. The van der Waals surface area contributed by atoms with Gasteiger partial charge in [0, 0.05) is 47.6 Å². The van der Waals surface area contributed by atoms with Crippen LogP contribution in [0.3, 0.4) is 0 Å². The molecule has 0 fully saturated rings. The zero-order valence-corrected chi connectivity index (χ0v) is 13.8. The van der Waals surface area contributed by atoms with Crippen LogP contribution in [-0.4, -0.2) is 30.6 Å². The zero-order valence-electron chi connectivity index (χ0n) is 10.8. The fraction of sp³-hybridized carbons (Fsp3) is 0.0833. The third kappa shape index (κ3) is 2.29. The number of hydrogen-bond acceptors (Lipinski definition) is 6. The predicted octanol–water partition coefficient (Wildman–Crippen LogP) is 3.51. The molecule has 106 valence electrons. The van der Waals surface area contributed by atoms with Crippen LogP contribution in [-0.2, 0) is 0 Å². The molecule has 3 heterocycles. The second-order valence-corrected chi connectivity index (χ2v) is 5.79. The van der Waals surface area contributed by atoms with E-state index in [9.17, 15) is 4.39 Å². The van der Waals surface area contributed by atoms with E-state index in [1.165, 1.54) is 15.4 Å². The molecule has 0 spiro atoms. The lowest BCUT2D eigenvalue weighted by atomic mass is 10.2. The van der Waals surface area contributed by atoms with Gasteiger partial charge in [-0.15, -0.1) is 0 Å². The van der Waals surface area contributed by atoms with Crippen molar-refractivity contribution in [3.63, 3.8) is 0 Å². The highest BCUT2D eigenvalue weighted by Crippen LogP contribution is 2.36. The second kappa shape index (κ2) is 5.64. The molecular weight excluding hydrogens is 406 g/mol. The number of nitrogens with zero attached hydrogens (tertiary/aromatic N) is 6. The molecule has 3 aromatic heterocycles. The summed E-state index contributed by atoms with van der Waals surface area (Å²) in [6.45, 7) is 5.24. The average Bonchev–Trinajstić information content (AvgIpc) is 2.79. The molecule has 0 aromatic carbocycles. The van der Waals surface area contributed by atoms with Gasteiger partial charge in [0.05, 0.1) is 11.8 Å². The van der Waals surface area contributed by atoms with Crippen molar-refractivity contribution in [1.82, 2.24) is 23.9 Å². The summed E-state index contributed by atoms with van der Waals surface area (Å²) in [5, 5.41) is 0.806. The Morgan fingerprint density at radius 3 is 2.90 bits per heavy atom. The molecule has 0 aliphatic carbocycles. The monoisotopic (exact) mass is 414 g/mol. The van der Waals surface area contributed by atoms with Gasteiger partial charge in [-0.3, -0.25) is 3.97 Å². The summed E-state index contributed by atoms with van der Waals surface area (Å²) in [5.74, 6) is -0.297. The lowest BCUT2D eigenvalue weighted by Gasteiger charge is -2.03. The maximum absolute atomic E-state index is 13.5. The molecule has 0 amide bonds. The molecular formula is C12H8FIN6S. The number of halogens is 2.